The van der Waals surface area contributed by atoms with Gasteiger partial charge in [0.05, 0.1) is 0 Å². The molecule has 4 aromatic rings. The number of aromatic nitrogens is 2. The first-order chi connectivity index (χ1) is 14.3. The third kappa shape index (κ3) is 3.53. The monoisotopic (exact) mass is 387 g/mol. The van der Waals surface area contributed by atoms with Gasteiger partial charge in [0.1, 0.15) is 16.8 Å². The van der Waals surface area contributed by atoms with E-state index in [9.17, 15) is 4.79 Å². The van der Waals surface area contributed by atoms with E-state index in [0.717, 1.165) is 40.7 Å². The van der Waals surface area contributed by atoms with Crippen molar-refractivity contribution in [2.75, 3.05) is 19.7 Å². The van der Waals surface area contributed by atoms with E-state index >= 15 is 0 Å². The summed E-state index contributed by atoms with van der Waals surface area (Å²) in [6.07, 6.45) is 3.41. The molecule has 0 aliphatic carbocycles. The fourth-order valence-corrected chi connectivity index (χ4v) is 3.86. The van der Waals surface area contributed by atoms with Crippen LogP contribution in [0.15, 0.2) is 65.2 Å². The Labute approximate surface area is 168 Å². The number of nitrogens with zero attached hydrogens (tertiary/aromatic N) is 3. The number of rotatable bonds is 4. The predicted octanol–water partition coefficient (Wildman–Crippen LogP) is 4.16. The topological polar surface area (TPSA) is 68.5 Å². The number of fused-ring (bicyclic) bond motifs is 2. The number of hydrogen-bond acceptors (Lipinski definition) is 5. The Kier molecular flexibility index (Phi) is 4.60. The third-order valence-corrected chi connectivity index (χ3v) is 5.45. The highest BCUT2D eigenvalue weighted by Gasteiger charge is 2.27. The van der Waals surface area contributed by atoms with Crippen molar-refractivity contribution in [1.82, 2.24) is 14.9 Å². The molecule has 6 heteroatoms. The lowest BCUT2D eigenvalue weighted by atomic mass is 9.97. The van der Waals surface area contributed by atoms with E-state index in [1.165, 1.54) is 0 Å². The van der Waals surface area contributed by atoms with Crippen LogP contribution in [0.5, 0.6) is 5.75 Å². The molecule has 3 heterocycles. The number of oxazole rings is 1. The molecule has 29 heavy (non-hydrogen) atoms. The lowest BCUT2D eigenvalue weighted by Crippen LogP contribution is -2.40. The summed E-state index contributed by atoms with van der Waals surface area (Å²) in [5, 5.41) is 0.997. The van der Waals surface area contributed by atoms with Gasteiger partial charge in [0.25, 0.3) is 5.91 Å². The fraction of sp³-hybridized carbons (Fsp3) is 0.261. The number of hydrogen-bond donors (Lipinski definition) is 0. The van der Waals surface area contributed by atoms with Crippen LogP contribution in [0.1, 0.15) is 24.7 Å². The van der Waals surface area contributed by atoms with E-state index < -0.39 is 0 Å². The minimum absolute atomic E-state index is 0.00560. The van der Waals surface area contributed by atoms with Crippen LogP contribution in [0.3, 0.4) is 0 Å². The zero-order valence-electron chi connectivity index (χ0n) is 16.0. The van der Waals surface area contributed by atoms with Crippen molar-refractivity contribution in [2.24, 2.45) is 0 Å². The highest BCUT2D eigenvalue weighted by molar-refractivity contribution is 5.85. The molecule has 0 N–H and O–H groups in total. The maximum Gasteiger partial charge on any atom is 0.260 e. The summed E-state index contributed by atoms with van der Waals surface area (Å²) in [4.78, 5) is 23.5. The van der Waals surface area contributed by atoms with Crippen LogP contribution in [0.2, 0.25) is 0 Å². The molecule has 0 saturated carbocycles. The normalized spacial score (nSPS) is 15.1. The molecule has 0 radical (unpaired) electrons. The molecule has 0 bridgehead atoms. The van der Waals surface area contributed by atoms with Gasteiger partial charge in [-0.2, -0.15) is 0 Å². The van der Waals surface area contributed by atoms with Crippen molar-refractivity contribution in [2.45, 2.75) is 18.8 Å². The number of piperidine rings is 1. The third-order valence-electron chi connectivity index (χ3n) is 5.45. The van der Waals surface area contributed by atoms with Crippen molar-refractivity contribution in [3.05, 3.63) is 66.7 Å². The number of para-hydroxylation sites is 3. The van der Waals surface area contributed by atoms with Crippen LogP contribution < -0.4 is 4.74 Å². The molecule has 2 aromatic heterocycles. The van der Waals surface area contributed by atoms with Crippen LogP contribution in [-0.2, 0) is 4.79 Å². The summed E-state index contributed by atoms with van der Waals surface area (Å²) in [6.45, 7) is 1.38. The van der Waals surface area contributed by atoms with Gasteiger partial charge in [0, 0.05) is 30.6 Å². The number of carbonyl (C=O) groups excluding carboxylic acids is 1. The van der Waals surface area contributed by atoms with Gasteiger partial charge < -0.3 is 14.1 Å². The van der Waals surface area contributed by atoms with Crippen LogP contribution in [0.25, 0.3) is 22.0 Å². The molecule has 146 valence electrons. The summed E-state index contributed by atoms with van der Waals surface area (Å²) in [5.74, 6) is 1.65. The fourth-order valence-electron chi connectivity index (χ4n) is 3.86. The first-order valence-electron chi connectivity index (χ1n) is 9.88. The van der Waals surface area contributed by atoms with E-state index in [1.54, 1.807) is 6.20 Å². The molecule has 1 amide bonds. The second-order valence-corrected chi connectivity index (χ2v) is 7.29. The highest BCUT2D eigenvalue weighted by Crippen LogP contribution is 2.30. The van der Waals surface area contributed by atoms with E-state index in [4.69, 9.17) is 9.15 Å². The van der Waals surface area contributed by atoms with Gasteiger partial charge in [-0.15, -0.1) is 0 Å². The van der Waals surface area contributed by atoms with E-state index in [-0.39, 0.29) is 18.4 Å². The molecule has 1 saturated heterocycles. The number of amides is 1. The zero-order chi connectivity index (χ0) is 19.6. The molecule has 1 fully saturated rings. The van der Waals surface area contributed by atoms with E-state index in [2.05, 4.69) is 9.97 Å². The number of pyridine rings is 1. The largest absolute Gasteiger partial charge is 0.481 e. The summed E-state index contributed by atoms with van der Waals surface area (Å²) >= 11 is 0. The molecule has 6 nitrogen and oxygen atoms in total. The standard InChI is InChI=1S/C23H21N3O3/c27-21(15-28-20-9-3-5-16-6-4-12-24-22(16)20)26-13-10-17(11-14-26)23-25-18-7-1-2-8-19(18)29-23/h1-9,12,17H,10-11,13-15H2. The van der Waals surface area contributed by atoms with Gasteiger partial charge in [-0.05, 0) is 37.1 Å². The Morgan fingerprint density at radius 1 is 1.07 bits per heavy atom. The van der Waals surface area contributed by atoms with Gasteiger partial charge in [-0.25, -0.2) is 4.98 Å². The first kappa shape index (κ1) is 17.7. The Bertz CT molecular complexity index is 1120. The molecule has 0 spiro atoms. The van der Waals surface area contributed by atoms with Crippen molar-refractivity contribution < 1.29 is 13.9 Å². The minimum atomic E-state index is -0.00560. The molecular weight excluding hydrogens is 366 g/mol. The molecule has 5 rings (SSSR count). The van der Waals surface area contributed by atoms with Crippen LogP contribution in [0.4, 0.5) is 0 Å². The van der Waals surface area contributed by atoms with Crippen molar-refractivity contribution in [3.63, 3.8) is 0 Å². The predicted molar refractivity (Wildman–Crippen MR) is 110 cm³/mol. The maximum absolute atomic E-state index is 12.6. The zero-order valence-corrected chi connectivity index (χ0v) is 16.0. The van der Waals surface area contributed by atoms with E-state index in [1.807, 2.05) is 59.5 Å². The maximum atomic E-state index is 12.6. The van der Waals surface area contributed by atoms with Crippen LogP contribution in [0, 0.1) is 0 Å². The molecule has 1 aliphatic heterocycles. The quantitative estimate of drug-likeness (QED) is 0.526. The van der Waals surface area contributed by atoms with E-state index in [0.29, 0.717) is 18.8 Å². The van der Waals surface area contributed by atoms with Crippen molar-refractivity contribution in [3.8, 4) is 5.75 Å². The summed E-state index contributed by atoms with van der Waals surface area (Å²) in [6, 6.07) is 17.4. The van der Waals surface area contributed by atoms with Crippen LogP contribution >= 0.6 is 0 Å². The molecule has 1 aliphatic rings. The Hall–Kier alpha value is -3.41. The van der Waals surface area contributed by atoms with Crippen molar-refractivity contribution >= 4 is 27.9 Å². The average Bonchev–Trinajstić information content (AvgIpc) is 3.22. The first-order valence-corrected chi connectivity index (χ1v) is 9.88. The lowest BCUT2D eigenvalue weighted by molar-refractivity contribution is -0.134. The average molecular weight is 387 g/mol. The SMILES string of the molecule is O=C(COc1cccc2cccnc12)N1CCC(c2nc3ccccc3o2)CC1. The second kappa shape index (κ2) is 7.54. The Morgan fingerprint density at radius 2 is 1.90 bits per heavy atom. The van der Waals surface area contributed by atoms with Gasteiger partial charge in [-0.1, -0.05) is 30.3 Å². The number of ether oxygens (including phenoxy) is 1. The van der Waals surface area contributed by atoms with Gasteiger partial charge in [0.15, 0.2) is 18.1 Å². The molecule has 0 atom stereocenters. The minimum Gasteiger partial charge on any atom is -0.481 e. The molecule has 0 unspecified atom stereocenters. The number of likely N-dealkylation sites (tertiary alicyclic amines) is 1. The van der Waals surface area contributed by atoms with Gasteiger partial charge in [-0.3, -0.25) is 9.78 Å². The van der Waals surface area contributed by atoms with Gasteiger partial charge in [0.2, 0.25) is 0 Å². The summed E-state index contributed by atoms with van der Waals surface area (Å²) < 4.78 is 11.7. The number of benzene rings is 2. The van der Waals surface area contributed by atoms with Crippen LogP contribution in [-0.4, -0.2) is 40.5 Å². The Balaban J connectivity index is 1.20. The highest BCUT2D eigenvalue weighted by atomic mass is 16.5. The Morgan fingerprint density at radius 3 is 2.76 bits per heavy atom. The molecule has 2 aromatic carbocycles. The summed E-state index contributed by atoms with van der Waals surface area (Å²) in [7, 11) is 0. The lowest BCUT2D eigenvalue weighted by Gasteiger charge is -2.30. The van der Waals surface area contributed by atoms with Crippen molar-refractivity contribution in [1.29, 1.82) is 0 Å². The van der Waals surface area contributed by atoms with Gasteiger partial charge >= 0.3 is 0 Å². The second-order valence-electron chi connectivity index (χ2n) is 7.29. The smallest absolute Gasteiger partial charge is 0.260 e. The number of carbonyl (C=O) groups is 1. The molecular formula is C23H21N3O3. The summed E-state index contributed by atoms with van der Waals surface area (Å²) in [5.41, 5.74) is 2.48.